The highest BCUT2D eigenvalue weighted by atomic mass is 16.7. The summed E-state index contributed by atoms with van der Waals surface area (Å²) < 4.78 is 9.93. The monoisotopic (exact) mass is 245 g/mol. The summed E-state index contributed by atoms with van der Waals surface area (Å²) in [6.45, 7) is 0.713. The molecule has 0 atom stereocenters. The number of aldehydes is 1. The van der Waals surface area contributed by atoms with Crippen molar-refractivity contribution in [2.75, 3.05) is 20.5 Å². The summed E-state index contributed by atoms with van der Waals surface area (Å²) in [4.78, 5) is 14.1. The number of methoxy groups -OCH3 is 1. The Balaban J connectivity index is 2.22. The van der Waals surface area contributed by atoms with Crippen LogP contribution in [0.4, 0.5) is 0 Å². The molecule has 0 saturated carbocycles. The molecule has 0 aliphatic heterocycles. The number of para-hydroxylation sites is 1. The van der Waals surface area contributed by atoms with Crippen molar-refractivity contribution in [1.82, 2.24) is 4.98 Å². The first-order valence-corrected chi connectivity index (χ1v) is 5.66. The van der Waals surface area contributed by atoms with Gasteiger partial charge in [0.05, 0.1) is 12.3 Å². The SMILES string of the molecule is COCOCC=Cc1c(C=O)[nH]c2ccccc12. The van der Waals surface area contributed by atoms with E-state index in [2.05, 4.69) is 4.98 Å². The van der Waals surface area contributed by atoms with Crippen LogP contribution in [0.3, 0.4) is 0 Å². The van der Waals surface area contributed by atoms with Gasteiger partial charge in [0.2, 0.25) is 0 Å². The van der Waals surface area contributed by atoms with Crippen molar-refractivity contribution in [3.05, 3.63) is 41.6 Å². The molecule has 0 radical (unpaired) electrons. The Kier molecular flexibility index (Phi) is 4.28. The van der Waals surface area contributed by atoms with Gasteiger partial charge in [0.25, 0.3) is 0 Å². The van der Waals surface area contributed by atoms with Crippen LogP contribution in [0.2, 0.25) is 0 Å². The molecule has 18 heavy (non-hydrogen) atoms. The standard InChI is InChI=1S/C14H15NO3/c1-17-10-18-8-4-6-12-11-5-2-3-7-13(11)15-14(12)9-16/h2-7,9,15H,8,10H2,1H3. The molecule has 4 nitrogen and oxygen atoms in total. The Hall–Kier alpha value is -1.91. The number of aromatic amines is 1. The first kappa shape index (κ1) is 12.5. The Morgan fingerprint density at radius 2 is 2.17 bits per heavy atom. The van der Waals surface area contributed by atoms with Crippen LogP contribution in [-0.2, 0) is 9.47 Å². The fraction of sp³-hybridized carbons (Fsp3) is 0.214. The van der Waals surface area contributed by atoms with Crippen LogP contribution in [0.1, 0.15) is 16.1 Å². The maximum atomic E-state index is 11.0. The summed E-state index contributed by atoms with van der Waals surface area (Å²) in [6, 6.07) is 7.81. The highest BCUT2D eigenvalue weighted by molar-refractivity contribution is 5.97. The number of carbonyl (C=O) groups is 1. The second kappa shape index (κ2) is 6.14. The largest absolute Gasteiger partial charge is 0.359 e. The van der Waals surface area contributed by atoms with Gasteiger partial charge in [-0.05, 0) is 6.07 Å². The third-order valence-electron chi connectivity index (χ3n) is 2.59. The minimum absolute atomic E-state index is 0.263. The van der Waals surface area contributed by atoms with Crippen LogP contribution in [0.15, 0.2) is 30.3 Å². The van der Waals surface area contributed by atoms with E-state index in [9.17, 15) is 4.79 Å². The Labute approximate surface area is 105 Å². The number of benzene rings is 1. The number of H-pyrrole nitrogens is 1. The average molecular weight is 245 g/mol. The van der Waals surface area contributed by atoms with E-state index < -0.39 is 0 Å². The zero-order valence-corrected chi connectivity index (χ0v) is 10.2. The quantitative estimate of drug-likeness (QED) is 0.483. The molecule has 1 heterocycles. The van der Waals surface area contributed by atoms with E-state index in [1.165, 1.54) is 0 Å². The van der Waals surface area contributed by atoms with Crippen LogP contribution in [0, 0.1) is 0 Å². The lowest BCUT2D eigenvalue weighted by Gasteiger charge is -1.97. The maximum Gasteiger partial charge on any atom is 0.166 e. The van der Waals surface area contributed by atoms with E-state index >= 15 is 0 Å². The predicted octanol–water partition coefficient (Wildman–Crippen LogP) is 2.61. The van der Waals surface area contributed by atoms with Gasteiger partial charge in [-0.3, -0.25) is 4.79 Å². The normalized spacial score (nSPS) is 11.4. The van der Waals surface area contributed by atoms with Crippen molar-refractivity contribution in [3.8, 4) is 0 Å². The summed E-state index contributed by atoms with van der Waals surface area (Å²) >= 11 is 0. The predicted molar refractivity (Wildman–Crippen MR) is 70.5 cm³/mol. The molecule has 0 aliphatic carbocycles. The van der Waals surface area contributed by atoms with Gasteiger partial charge in [0, 0.05) is 23.6 Å². The van der Waals surface area contributed by atoms with E-state index in [4.69, 9.17) is 9.47 Å². The van der Waals surface area contributed by atoms with Crippen LogP contribution >= 0.6 is 0 Å². The van der Waals surface area contributed by atoms with Gasteiger partial charge < -0.3 is 14.5 Å². The van der Waals surface area contributed by atoms with Gasteiger partial charge in [0.1, 0.15) is 6.79 Å². The number of rotatable bonds is 6. The Morgan fingerprint density at radius 3 is 2.94 bits per heavy atom. The van der Waals surface area contributed by atoms with Gasteiger partial charge in [-0.25, -0.2) is 0 Å². The molecular formula is C14H15NO3. The van der Waals surface area contributed by atoms with E-state index in [1.54, 1.807) is 7.11 Å². The van der Waals surface area contributed by atoms with Crippen molar-refractivity contribution < 1.29 is 14.3 Å². The lowest BCUT2D eigenvalue weighted by Crippen LogP contribution is -1.95. The number of ether oxygens (including phenoxy) is 2. The first-order chi connectivity index (χ1) is 8.86. The molecule has 0 amide bonds. The fourth-order valence-electron chi connectivity index (χ4n) is 1.82. The van der Waals surface area contributed by atoms with E-state index in [-0.39, 0.29) is 6.79 Å². The molecule has 94 valence electrons. The van der Waals surface area contributed by atoms with Crippen molar-refractivity contribution in [3.63, 3.8) is 0 Å². The Bertz CT molecular complexity index is 557. The van der Waals surface area contributed by atoms with Gasteiger partial charge in [-0.2, -0.15) is 0 Å². The fourth-order valence-corrected chi connectivity index (χ4v) is 1.82. The number of fused-ring (bicyclic) bond motifs is 1. The third kappa shape index (κ3) is 2.67. The number of hydrogen-bond donors (Lipinski definition) is 1. The third-order valence-corrected chi connectivity index (χ3v) is 2.59. The number of aromatic nitrogens is 1. The van der Waals surface area contributed by atoms with Crippen LogP contribution in [0.5, 0.6) is 0 Å². The molecule has 1 aromatic carbocycles. The molecule has 2 rings (SSSR count). The minimum atomic E-state index is 0.263. The summed E-state index contributed by atoms with van der Waals surface area (Å²) in [7, 11) is 1.58. The average Bonchev–Trinajstić information content (AvgIpc) is 2.77. The molecule has 1 N–H and O–H groups in total. The van der Waals surface area contributed by atoms with Crippen molar-refractivity contribution in [2.45, 2.75) is 0 Å². The molecule has 0 aliphatic rings. The molecule has 0 spiro atoms. The molecule has 0 fully saturated rings. The minimum Gasteiger partial charge on any atom is -0.359 e. The zero-order valence-electron chi connectivity index (χ0n) is 10.2. The molecule has 4 heteroatoms. The lowest BCUT2D eigenvalue weighted by atomic mass is 10.1. The van der Waals surface area contributed by atoms with Crippen molar-refractivity contribution in [1.29, 1.82) is 0 Å². The molecule has 0 saturated heterocycles. The molecule has 1 aromatic heterocycles. The number of nitrogens with one attached hydrogen (secondary N) is 1. The highest BCUT2D eigenvalue weighted by Gasteiger charge is 2.06. The second-order valence-electron chi connectivity index (χ2n) is 3.80. The summed E-state index contributed by atoms with van der Waals surface area (Å²) in [5.41, 5.74) is 2.43. The summed E-state index contributed by atoms with van der Waals surface area (Å²) in [5.74, 6) is 0. The van der Waals surface area contributed by atoms with Crippen LogP contribution in [0.25, 0.3) is 17.0 Å². The molecule has 0 unspecified atom stereocenters. The van der Waals surface area contributed by atoms with Gasteiger partial charge in [-0.15, -0.1) is 0 Å². The molecular weight excluding hydrogens is 230 g/mol. The van der Waals surface area contributed by atoms with E-state index in [1.807, 2.05) is 36.4 Å². The summed E-state index contributed by atoms with van der Waals surface area (Å²) in [6.07, 6.45) is 4.58. The molecule has 0 bridgehead atoms. The summed E-state index contributed by atoms with van der Waals surface area (Å²) in [5, 5.41) is 1.03. The van der Waals surface area contributed by atoms with E-state index in [0.29, 0.717) is 12.3 Å². The van der Waals surface area contributed by atoms with Crippen molar-refractivity contribution >= 4 is 23.3 Å². The molecule has 2 aromatic rings. The smallest absolute Gasteiger partial charge is 0.166 e. The van der Waals surface area contributed by atoms with Gasteiger partial charge in [-0.1, -0.05) is 30.4 Å². The number of carbonyl (C=O) groups excluding carboxylic acids is 1. The second-order valence-corrected chi connectivity index (χ2v) is 3.80. The number of hydrogen-bond acceptors (Lipinski definition) is 3. The van der Waals surface area contributed by atoms with Gasteiger partial charge >= 0.3 is 0 Å². The van der Waals surface area contributed by atoms with Gasteiger partial charge in [0.15, 0.2) is 6.29 Å². The van der Waals surface area contributed by atoms with Crippen LogP contribution in [-0.4, -0.2) is 31.8 Å². The van der Waals surface area contributed by atoms with Crippen LogP contribution < -0.4 is 0 Å². The highest BCUT2D eigenvalue weighted by Crippen LogP contribution is 2.22. The van der Waals surface area contributed by atoms with Crippen molar-refractivity contribution in [2.24, 2.45) is 0 Å². The topological polar surface area (TPSA) is 51.3 Å². The zero-order chi connectivity index (χ0) is 12.8. The Morgan fingerprint density at radius 1 is 1.33 bits per heavy atom. The van der Waals surface area contributed by atoms with E-state index in [0.717, 1.165) is 22.8 Å². The first-order valence-electron chi connectivity index (χ1n) is 5.66. The maximum absolute atomic E-state index is 11.0. The lowest BCUT2D eigenvalue weighted by molar-refractivity contribution is -0.0184.